The molecule has 0 spiro atoms. The minimum absolute atomic E-state index is 0.0568. The molecule has 1 fully saturated rings. The molecule has 9 heteroatoms. The molecule has 0 aliphatic carbocycles. The summed E-state index contributed by atoms with van der Waals surface area (Å²) in [6.07, 6.45) is 3.25. The van der Waals surface area contributed by atoms with Gasteiger partial charge in [-0.05, 0) is 44.3 Å². The van der Waals surface area contributed by atoms with Crippen LogP contribution in [0.4, 0.5) is 0 Å². The number of ketones is 1. The molecule has 2 N–H and O–H groups in total. The monoisotopic (exact) mass is 520 g/mol. The number of aromatic nitrogens is 1. The molecule has 1 aromatic rings. The van der Waals surface area contributed by atoms with Crippen molar-refractivity contribution in [2.75, 3.05) is 0 Å². The van der Waals surface area contributed by atoms with Crippen LogP contribution < -0.4 is 0 Å². The molecule has 200 valence electrons. The molecule has 0 aromatic carbocycles. The quantitative estimate of drug-likeness (QED) is 0.558. The number of fused-ring (bicyclic) bond motifs is 1. The maximum absolute atomic E-state index is 13.2. The van der Waals surface area contributed by atoms with E-state index in [9.17, 15) is 19.8 Å². The van der Waals surface area contributed by atoms with Gasteiger partial charge in [-0.15, -0.1) is 11.3 Å². The highest BCUT2D eigenvalue weighted by atomic mass is 32.1. The van der Waals surface area contributed by atoms with Crippen molar-refractivity contribution in [1.82, 2.24) is 4.98 Å². The van der Waals surface area contributed by atoms with Crippen LogP contribution in [0.3, 0.4) is 0 Å². The summed E-state index contributed by atoms with van der Waals surface area (Å²) < 4.78 is 5.88. The molecule has 2 unspecified atom stereocenters. The molecule has 3 heterocycles. The molecule has 2 aliphatic heterocycles. The first-order valence-corrected chi connectivity index (χ1v) is 13.7. The number of rotatable bonds is 2. The van der Waals surface area contributed by atoms with E-state index in [-0.39, 0.29) is 30.1 Å². The van der Waals surface area contributed by atoms with E-state index in [0.717, 1.165) is 35.5 Å². The summed E-state index contributed by atoms with van der Waals surface area (Å²) >= 11 is 1.55. The molecule has 8 nitrogen and oxygen atoms in total. The third kappa shape index (κ3) is 6.81. The maximum Gasteiger partial charge on any atom is 0.309 e. The number of nitrogens with zero attached hydrogens (tertiary/aromatic N) is 2. The van der Waals surface area contributed by atoms with Crippen LogP contribution in [0.1, 0.15) is 77.4 Å². The van der Waals surface area contributed by atoms with Gasteiger partial charge in [-0.25, -0.2) is 4.98 Å². The molecule has 1 aromatic heterocycles. The topological polar surface area (TPSA) is 118 Å². The van der Waals surface area contributed by atoms with Crippen LogP contribution in [-0.4, -0.2) is 57.6 Å². The number of aliphatic hydroxyl groups is 2. The fraction of sp³-hybridized carbons (Fsp3) is 0.704. The molecular weight excluding hydrogens is 480 g/mol. The highest BCUT2D eigenvalue weighted by molar-refractivity contribution is 7.09. The van der Waals surface area contributed by atoms with Gasteiger partial charge >= 0.3 is 5.97 Å². The Kier molecular flexibility index (Phi) is 9.46. The van der Waals surface area contributed by atoms with E-state index in [1.807, 2.05) is 32.2 Å². The molecule has 1 saturated heterocycles. The summed E-state index contributed by atoms with van der Waals surface area (Å²) in [6.45, 7) is 10.7. The van der Waals surface area contributed by atoms with Gasteiger partial charge in [0, 0.05) is 23.6 Å². The number of hydrogen-bond donors (Lipinski definition) is 2. The number of aliphatic hydroxyl groups excluding tert-OH is 2. The summed E-state index contributed by atoms with van der Waals surface area (Å²) in [6, 6.07) is 0. The smallest absolute Gasteiger partial charge is 0.309 e. The maximum atomic E-state index is 13.2. The second-order valence-corrected chi connectivity index (χ2v) is 12.0. The van der Waals surface area contributed by atoms with Crippen molar-refractivity contribution >= 4 is 35.4 Å². The lowest BCUT2D eigenvalue weighted by Gasteiger charge is -2.34. The summed E-state index contributed by atoms with van der Waals surface area (Å²) in [7, 11) is 0. The second-order valence-electron chi connectivity index (χ2n) is 10.9. The van der Waals surface area contributed by atoms with Gasteiger partial charge in [0.25, 0.3) is 0 Å². The molecule has 0 saturated carbocycles. The fourth-order valence-corrected chi connectivity index (χ4v) is 5.59. The minimum Gasteiger partial charge on any atom is -0.458 e. The molecule has 0 bridgehead atoms. The van der Waals surface area contributed by atoms with E-state index in [1.165, 1.54) is 0 Å². The lowest BCUT2D eigenvalue weighted by atomic mass is 9.73. The number of cyclic esters (lactones) is 1. The van der Waals surface area contributed by atoms with E-state index in [0.29, 0.717) is 6.42 Å². The molecule has 36 heavy (non-hydrogen) atoms. The number of oxime groups is 1. The lowest BCUT2D eigenvalue weighted by Crippen LogP contribution is -2.45. The highest BCUT2D eigenvalue weighted by Gasteiger charge is 2.43. The van der Waals surface area contributed by atoms with Crippen molar-refractivity contribution in [1.29, 1.82) is 0 Å². The molecule has 2 aliphatic rings. The Morgan fingerprint density at radius 2 is 1.94 bits per heavy atom. The van der Waals surface area contributed by atoms with Crippen molar-refractivity contribution in [3.05, 3.63) is 21.7 Å². The average molecular weight is 521 g/mol. The van der Waals surface area contributed by atoms with Crippen LogP contribution in [0.25, 0.3) is 6.08 Å². The Labute approximate surface area is 217 Å². The van der Waals surface area contributed by atoms with Crippen molar-refractivity contribution in [3.8, 4) is 0 Å². The zero-order valence-electron chi connectivity index (χ0n) is 22.1. The Bertz CT molecular complexity index is 987. The van der Waals surface area contributed by atoms with Gasteiger partial charge in [-0.3, -0.25) is 9.59 Å². The number of carbonyl (C=O) groups is 2. The van der Waals surface area contributed by atoms with Gasteiger partial charge in [-0.1, -0.05) is 39.3 Å². The number of esters is 1. The summed E-state index contributed by atoms with van der Waals surface area (Å²) in [5.74, 6) is -1.57. The first-order chi connectivity index (χ1) is 16.9. The zero-order chi connectivity index (χ0) is 26.6. The SMILES string of the molecule is CC(=Cc1csc(C)n1)[C@@H]1CC2ON=CC2CCC[C@H](C)[C@H](O)[C@@H](C)C(=O)C(C)(C)[C@@H](O)CC(=O)O1. The van der Waals surface area contributed by atoms with Gasteiger partial charge in [0.1, 0.15) is 18.0 Å². The first-order valence-electron chi connectivity index (χ1n) is 12.8. The van der Waals surface area contributed by atoms with E-state index in [2.05, 4.69) is 10.1 Å². The highest BCUT2D eigenvalue weighted by Crippen LogP contribution is 2.34. The Hall–Kier alpha value is -2.10. The number of hydrogen-bond acceptors (Lipinski definition) is 9. The Morgan fingerprint density at radius 3 is 2.61 bits per heavy atom. The van der Waals surface area contributed by atoms with E-state index < -0.39 is 35.6 Å². The van der Waals surface area contributed by atoms with Gasteiger partial charge in [0.15, 0.2) is 0 Å². The number of thiazole rings is 1. The normalized spacial score (nSPS) is 34.7. The van der Waals surface area contributed by atoms with Gasteiger partial charge in [-0.2, -0.15) is 0 Å². The number of ether oxygens (including phenoxy) is 1. The van der Waals surface area contributed by atoms with Gasteiger partial charge < -0.3 is 19.8 Å². The van der Waals surface area contributed by atoms with Crippen LogP contribution in [0.2, 0.25) is 0 Å². The summed E-state index contributed by atoms with van der Waals surface area (Å²) in [5.41, 5.74) is 0.396. The van der Waals surface area contributed by atoms with Crippen LogP contribution in [-0.2, 0) is 19.2 Å². The summed E-state index contributed by atoms with van der Waals surface area (Å²) in [4.78, 5) is 36.4. The average Bonchev–Trinajstić information content (AvgIpc) is 3.44. The largest absolute Gasteiger partial charge is 0.458 e. The zero-order valence-corrected chi connectivity index (χ0v) is 23.0. The van der Waals surface area contributed by atoms with Gasteiger partial charge in [0.05, 0.1) is 41.0 Å². The predicted octanol–water partition coefficient (Wildman–Crippen LogP) is 4.32. The standard InChI is InChI=1S/C27H40N2O6S/c1-15-8-7-9-19-13-28-35-22(19)11-21(16(2)10-20-14-36-18(4)29-20)34-24(31)12-23(30)27(5,6)26(33)17(3)25(15)32/h10,13-15,17,19,21-23,25,30,32H,7-9,11-12H2,1-6H3/t15-,17+,19?,21-,22?,23-,25-/m0/s1. The molecule has 0 radical (unpaired) electrons. The van der Waals surface area contributed by atoms with Crippen molar-refractivity contribution in [3.63, 3.8) is 0 Å². The van der Waals surface area contributed by atoms with Crippen LogP contribution in [0.15, 0.2) is 16.1 Å². The first kappa shape index (κ1) is 28.5. The molecule has 0 amide bonds. The molecular formula is C27H40N2O6S. The third-order valence-electron chi connectivity index (χ3n) is 7.70. The van der Waals surface area contributed by atoms with E-state index >= 15 is 0 Å². The predicted molar refractivity (Wildman–Crippen MR) is 139 cm³/mol. The van der Waals surface area contributed by atoms with Crippen LogP contribution in [0.5, 0.6) is 0 Å². The van der Waals surface area contributed by atoms with E-state index in [4.69, 9.17) is 9.57 Å². The molecule has 3 rings (SSSR count). The number of Topliss-reactive ketones (excluding diaryl/α,β-unsaturated/α-hetero) is 1. The minimum atomic E-state index is -1.25. The van der Waals surface area contributed by atoms with Crippen LogP contribution >= 0.6 is 11.3 Å². The fourth-order valence-electron chi connectivity index (χ4n) is 5.02. The number of carbonyl (C=O) groups excluding carboxylic acids is 2. The van der Waals surface area contributed by atoms with Crippen molar-refractivity contribution in [2.24, 2.45) is 28.3 Å². The summed E-state index contributed by atoms with van der Waals surface area (Å²) in [5, 5.41) is 28.7. The number of aryl methyl sites for hydroxylation is 1. The third-order valence-corrected chi connectivity index (χ3v) is 8.49. The second kappa shape index (κ2) is 12.0. The van der Waals surface area contributed by atoms with Crippen molar-refractivity contribution in [2.45, 2.75) is 98.1 Å². The van der Waals surface area contributed by atoms with Crippen molar-refractivity contribution < 1.29 is 29.4 Å². The Morgan fingerprint density at radius 1 is 1.22 bits per heavy atom. The molecule has 7 atom stereocenters. The van der Waals surface area contributed by atoms with Gasteiger partial charge in [0.2, 0.25) is 0 Å². The lowest BCUT2D eigenvalue weighted by molar-refractivity contribution is -0.155. The van der Waals surface area contributed by atoms with E-state index in [1.54, 1.807) is 38.3 Å². The Balaban J connectivity index is 1.88. The van der Waals surface area contributed by atoms with Crippen LogP contribution in [0, 0.1) is 30.1 Å².